The average molecular weight is 548 g/mol. The summed E-state index contributed by atoms with van der Waals surface area (Å²) in [6.07, 6.45) is 4.24. The summed E-state index contributed by atoms with van der Waals surface area (Å²) in [6.45, 7) is 0.698. The summed E-state index contributed by atoms with van der Waals surface area (Å²) in [5.74, 6) is -1.49. The molecule has 5 rings (SSSR count). The molecule has 0 aliphatic rings. The van der Waals surface area contributed by atoms with Crippen LogP contribution in [0.2, 0.25) is 10.0 Å². The highest BCUT2D eigenvalue weighted by Gasteiger charge is 2.24. The fraction of sp³-hybridized carbons (Fsp3) is 0.0690. The van der Waals surface area contributed by atoms with E-state index in [0.717, 1.165) is 11.1 Å². The number of carbonyl (C=O) groups excluding carboxylic acids is 2. The Morgan fingerprint density at radius 3 is 2.34 bits per heavy atom. The second-order valence-corrected chi connectivity index (χ2v) is 9.33. The van der Waals surface area contributed by atoms with Crippen molar-refractivity contribution in [2.75, 3.05) is 5.32 Å². The molecule has 2 heterocycles. The number of benzene rings is 3. The molecule has 1 N–H and O–H groups in total. The maximum Gasteiger partial charge on any atom is 0.296 e. The van der Waals surface area contributed by atoms with Crippen LogP contribution in [0.1, 0.15) is 21.5 Å². The maximum absolute atomic E-state index is 13.4. The molecule has 0 fully saturated rings. The summed E-state index contributed by atoms with van der Waals surface area (Å²) in [4.78, 5) is 30.2. The van der Waals surface area contributed by atoms with Crippen molar-refractivity contribution in [2.24, 2.45) is 0 Å². The van der Waals surface area contributed by atoms with Gasteiger partial charge in [-0.1, -0.05) is 65.7 Å². The van der Waals surface area contributed by atoms with E-state index in [0.29, 0.717) is 29.8 Å². The Morgan fingerprint density at radius 2 is 1.63 bits per heavy atom. The first kappa shape index (κ1) is 25.4. The number of halogens is 3. The first-order chi connectivity index (χ1) is 18.4. The molecule has 0 aliphatic carbocycles. The third-order valence-electron chi connectivity index (χ3n) is 5.91. The molecule has 190 valence electrons. The molecule has 1 amide bonds. The van der Waals surface area contributed by atoms with Gasteiger partial charge in [-0.15, -0.1) is 0 Å². The second kappa shape index (κ2) is 11.0. The van der Waals surface area contributed by atoms with Crippen LogP contribution in [0, 0.1) is 5.82 Å². The van der Waals surface area contributed by atoms with E-state index >= 15 is 0 Å². The lowest BCUT2D eigenvalue weighted by molar-refractivity contribution is -0.112. The highest BCUT2D eigenvalue weighted by Crippen LogP contribution is 2.31. The molecule has 0 aliphatic heterocycles. The van der Waals surface area contributed by atoms with Crippen molar-refractivity contribution >= 4 is 51.5 Å². The number of nitrogens with zero attached hydrogens (tertiary/aromatic N) is 2. The van der Waals surface area contributed by atoms with Crippen molar-refractivity contribution in [3.8, 4) is 5.75 Å². The molecular formula is C29H20Cl2FN3O3. The highest BCUT2D eigenvalue weighted by atomic mass is 35.5. The van der Waals surface area contributed by atoms with E-state index in [-0.39, 0.29) is 27.1 Å². The smallest absolute Gasteiger partial charge is 0.296 e. The van der Waals surface area contributed by atoms with Crippen molar-refractivity contribution in [3.63, 3.8) is 0 Å². The van der Waals surface area contributed by atoms with Crippen molar-refractivity contribution in [2.45, 2.75) is 13.2 Å². The molecule has 3 aromatic carbocycles. The van der Waals surface area contributed by atoms with E-state index in [9.17, 15) is 14.0 Å². The van der Waals surface area contributed by atoms with Gasteiger partial charge in [0, 0.05) is 36.0 Å². The van der Waals surface area contributed by atoms with Crippen LogP contribution in [0.5, 0.6) is 5.75 Å². The summed E-state index contributed by atoms with van der Waals surface area (Å²) >= 11 is 12.2. The van der Waals surface area contributed by atoms with E-state index in [1.807, 2.05) is 41.0 Å². The number of Topliss-reactive ketones (excluding diaryl/α,β-unsaturated/α-hetero) is 1. The number of hydrogen-bond donors (Lipinski definition) is 1. The summed E-state index contributed by atoms with van der Waals surface area (Å²) in [5.41, 5.74) is 2.79. The molecule has 0 saturated carbocycles. The Balaban J connectivity index is 1.49. The van der Waals surface area contributed by atoms with E-state index < -0.39 is 11.7 Å². The van der Waals surface area contributed by atoms with Crippen molar-refractivity contribution < 1.29 is 18.7 Å². The summed E-state index contributed by atoms with van der Waals surface area (Å²) < 4.78 is 21.2. The summed E-state index contributed by atoms with van der Waals surface area (Å²) in [5, 5.41) is 3.24. The SMILES string of the molecule is O=C(Nc1c(Cl)cncc1Cl)C(=O)c1cn(Cc2ccc(F)cc2)c2ccc(OCc3ccccc3)cc12. The van der Waals surface area contributed by atoms with Gasteiger partial charge < -0.3 is 14.6 Å². The van der Waals surface area contributed by atoms with Gasteiger partial charge in [-0.3, -0.25) is 14.6 Å². The lowest BCUT2D eigenvalue weighted by Gasteiger charge is -2.09. The largest absolute Gasteiger partial charge is 0.489 e. The van der Waals surface area contributed by atoms with Crippen LogP contribution in [0.25, 0.3) is 10.9 Å². The summed E-state index contributed by atoms with van der Waals surface area (Å²) in [6, 6.07) is 21.1. The Labute approximate surface area is 227 Å². The van der Waals surface area contributed by atoms with E-state index in [2.05, 4.69) is 10.3 Å². The summed E-state index contributed by atoms with van der Waals surface area (Å²) in [7, 11) is 0. The molecule has 9 heteroatoms. The Hall–Kier alpha value is -4.20. The fourth-order valence-electron chi connectivity index (χ4n) is 4.03. The normalized spacial score (nSPS) is 10.9. The predicted molar refractivity (Wildman–Crippen MR) is 145 cm³/mol. The predicted octanol–water partition coefficient (Wildman–Crippen LogP) is 6.93. The zero-order chi connectivity index (χ0) is 26.6. The second-order valence-electron chi connectivity index (χ2n) is 8.51. The number of nitrogens with one attached hydrogen (secondary N) is 1. The Morgan fingerprint density at radius 1 is 0.921 bits per heavy atom. The zero-order valence-electron chi connectivity index (χ0n) is 19.8. The minimum atomic E-state index is -0.906. The van der Waals surface area contributed by atoms with Gasteiger partial charge >= 0.3 is 0 Å². The van der Waals surface area contributed by atoms with E-state index in [1.54, 1.807) is 30.5 Å². The van der Waals surface area contributed by atoms with Crippen LogP contribution in [0.3, 0.4) is 0 Å². The number of ether oxygens (including phenoxy) is 1. The third kappa shape index (κ3) is 5.54. The van der Waals surface area contributed by atoms with Gasteiger partial charge in [0.25, 0.3) is 11.7 Å². The van der Waals surface area contributed by atoms with Crippen LogP contribution >= 0.6 is 23.2 Å². The molecule has 0 unspecified atom stereocenters. The van der Waals surface area contributed by atoms with Crippen molar-refractivity contribution in [1.29, 1.82) is 0 Å². The molecule has 0 radical (unpaired) electrons. The minimum Gasteiger partial charge on any atom is -0.489 e. The highest BCUT2D eigenvalue weighted by molar-refractivity contribution is 6.50. The molecule has 5 aromatic rings. The van der Waals surface area contributed by atoms with Gasteiger partial charge in [0.05, 0.1) is 21.3 Å². The average Bonchev–Trinajstić information content (AvgIpc) is 3.28. The topological polar surface area (TPSA) is 73.2 Å². The van der Waals surface area contributed by atoms with Crippen LogP contribution in [0.4, 0.5) is 10.1 Å². The minimum absolute atomic E-state index is 0.101. The molecule has 38 heavy (non-hydrogen) atoms. The number of anilines is 1. The number of pyridine rings is 1. The van der Waals surface area contributed by atoms with Crippen molar-refractivity contribution in [1.82, 2.24) is 9.55 Å². The quantitative estimate of drug-likeness (QED) is 0.169. The van der Waals surface area contributed by atoms with Gasteiger partial charge in [0.1, 0.15) is 18.2 Å². The van der Waals surface area contributed by atoms with Gasteiger partial charge in [-0.25, -0.2) is 4.39 Å². The van der Waals surface area contributed by atoms with Crippen LogP contribution in [0.15, 0.2) is 91.4 Å². The van der Waals surface area contributed by atoms with Gasteiger partial charge in [-0.2, -0.15) is 0 Å². The molecule has 6 nitrogen and oxygen atoms in total. The third-order valence-corrected chi connectivity index (χ3v) is 6.48. The van der Waals surface area contributed by atoms with E-state index in [1.165, 1.54) is 24.5 Å². The van der Waals surface area contributed by atoms with Crippen LogP contribution in [-0.4, -0.2) is 21.2 Å². The molecule has 0 bridgehead atoms. The molecule has 0 atom stereocenters. The van der Waals surface area contributed by atoms with Gasteiger partial charge in [0.15, 0.2) is 0 Å². The number of ketones is 1. The van der Waals surface area contributed by atoms with Gasteiger partial charge in [0.2, 0.25) is 0 Å². The molecule has 0 saturated heterocycles. The van der Waals surface area contributed by atoms with Gasteiger partial charge in [-0.05, 0) is 41.5 Å². The lowest BCUT2D eigenvalue weighted by atomic mass is 10.1. The molecular weight excluding hydrogens is 528 g/mol. The first-order valence-corrected chi connectivity index (χ1v) is 12.3. The Bertz CT molecular complexity index is 1620. The molecule has 2 aromatic heterocycles. The number of rotatable bonds is 8. The standard InChI is InChI=1S/C29H20Cl2FN3O3/c30-24-13-33-14-25(31)27(24)34-29(37)28(36)23-16-35(15-18-6-8-20(32)9-7-18)26-11-10-21(12-22(23)26)38-17-19-4-2-1-3-5-19/h1-14,16H,15,17H2,(H,33,34,37). The number of hydrogen-bond acceptors (Lipinski definition) is 4. The monoisotopic (exact) mass is 547 g/mol. The zero-order valence-corrected chi connectivity index (χ0v) is 21.3. The maximum atomic E-state index is 13.4. The number of aromatic nitrogens is 2. The van der Waals surface area contributed by atoms with Crippen LogP contribution in [-0.2, 0) is 17.9 Å². The van der Waals surface area contributed by atoms with Crippen LogP contribution < -0.4 is 10.1 Å². The lowest BCUT2D eigenvalue weighted by Crippen LogP contribution is -2.23. The van der Waals surface area contributed by atoms with E-state index in [4.69, 9.17) is 27.9 Å². The Kier molecular flexibility index (Phi) is 7.40. The molecule has 0 spiro atoms. The fourth-order valence-corrected chi connectivity index (χ4v) is 4.49. The number of amides is 1. The number of fused-ring (bicyclic) bond motifs is 1. The number of carbonyl (C=O) groups is 2. The van der Waals surface area contributed by atoms with Crippen molar-refractivity contribution in [3.05, 3.63) is 124 Å². The first-order valence-electron chi connectivity index (χ1n) is 11.6.